The molecule has 1 saturated carbocycles. The molecule has 0 aromatic carbocycles. The predicted molar refractivity (Wildman–Crippen MR) is 90.2 cm³/mol. The maximum atomic E-state index is 5.91. The van der Waals surface area contributed by atoms with E-state index < -0.39 is 0 Å². The molecule has 1 aliphatic carbocycles. The molecule has 0 bridgehead atoms. The highest BCUT2D eigenvalue weighted by atomic mass is 16.5. The van der Waals surface area contributed by atoms with E-state index in [4.69, 9.17) is 4.74 Å². The van der Waals surface area contributed by atoms with Crippen LogP contribution in [-0.2, 0) is 0 Å². The zero-order valence-corrected chi connectivity index (χ0v) is 12.9. The molecule has 0 aliphatic heterocycles. The van der Waals surface area contributed by atoms with Gasteiger partial charge >= 0.3 is 0 Å². The third kappa shape index (κ3) is 5.56. The number of nitrogens with zero attached hydrogens (tertiary/aromatic N) is 1. The Hall–Kier alpha value is -1.87. The van der Waals surface area contributed by atoms with E-state index in [1.54, 1.807) is 12.2 Å². The molecule has 1 fully saturated rings. The van der Waals surface area contributed by atoms with Crippen molar-refractivity contribution in [3.63, 3.8) is 0 Å². The Bertz CT molecular complexity index is 457. The van der Waals surface area contributed by atoms with E-state index in [1.807, 2.05) is 24.4 Å². The summed E-state index contributed by atoms with van der Waals surface area (Å²) in [5.74, 6) is 0.720. The van der Waals surface area contributed by atoms with Crippen molar-refractivity contribution in [2.24, 2.45) is 5.73 Å². The molecule has 3 nitrogen and oxygen atoms in total. The van der Waals surface area contributed by atoms with E-state index in [-0.39, 0.29) is 0 Å². The van der Waals surface area contributed by atoms with E-state index in [1.165, 1.54) is 26.3 Å². The summed E-state index contributed by atoms with van der Waals surface area (Å²) in [7, 11) is 1.50. The van der Waals surface area contributed by atoms with Crippen molar-refractivity contribution >= 4 is 5.57 Å². The van der Waals surface area contributed by atoms with Gasteiger partial charge in [0.05, 0.1) is 0 Å². The molecule has 1 aromatic heterocycles. The number of hydrogen-bond donors (Lipinski definition) is 1. The van der Waals surface area contributed by atoms with Gasteiger partial charge in [-0.1, -0.05) is 37.8 Å². The van der Waals surface area contributed by atoms with Crippen LogP contribution in [0.4, 0.5) is 0 Å². The Morgan fingerprint density at radius 1 is 1.24 bits per heavy atom. The molecule has 114 valence electrons. The first kappa shape index (κ1) is 17.2. The molecular weight excluding hydrogens is 260 g/mol. The van der Waals surface area contributed by atoms with Crippen LogP contribution in [0.5, 0.6) is 5.88 Å². The molecule has 0 radical (unpaired) electrons. The molecule has 0 unspecified atom stereocenters. The van der Waals surface area contributed by atoms with Crippen molar-refractivity contribution in [1.29, 1.82) is 0 Å². The average molecular weight is 286 g/mol. The standard InChI is InChI=1S/C17H21NO.CH5N/c1-3-8-14(4-2)15-11-12-17(18-13-15)19-16-9-6-5-7-10-16;1-2/h3-4,8,11-13,16H,1-2,5-7,9-10H2;2H2,1H3/b14-8+;. The smallest absolute Gasteiger partial charge is 0.213 e. The van der Waals surface area contributed by atoms with Gasteiger partial charge in [-0.2, -0.15) is 0 Å². The van der Waals surface area contributed by atoms with E-state index >= 15 is 0 Å². The quantitative estimate of drug-likeness (QED) is 0.828. The van der Waals surface area contributed by atoms with E-state index in [9.17, 15) is 0 Å². The molecule has 0 spiro atoms. The van der Waals surface area contributed by atoms with E-state index in [0.29, 0.717) is 6.10 Å². The second-order valence-corrected chi connectivity index (χ2v) is 4.82. The lowest BCUT2D eigenvalue weighted by Crippen LogP contribution is -2.20. The molecule has 0 saturated heterocycles. The van der Waals surface area contributed by atoms with Crippen LogP contribution in [0.2, 0.25) is 0 Å². The van der Waals surface area contributed by atoms with E-state index in [0.717, 1.165) is 29.9 Å². The molecule has 1 heterocycles. The summed E-state index contributed by atoms with van der Waals surface area (Å²) in [4.78, 5) is 4.38. The lowest BCUT2D eigenvalue weighted by atomic mass is 9.98. The fourth-order valence-corrected chi connectivity index (χ4v) is 2.38. The Balaban J connectivity index is 0.00000106. The average Bonchev–Trinajstić information content (AvgIpc) is 2.56. The molecular formula is C18H26N2O. The SMILES string of the molecule is C=C/C=C(\C=C)c1ccc(OC2CCCCC2)nc1.CN. The van der Waals surface area contributed by atoms with Gasteiger partial charge in [-0.3, -0.25) is 0 Å². The van der Waals surface area contributed by atoms with Gasteiger partial charge in [0.25, 0.3) is 0 Å². The summed E-state index contributed by atoms with van der Waals surface area (Å²) in [6, 6.07) is 3.95. The highest BCUT2D eigenvalue weighted by Crippen LogP contribution is 2.23. The van der Waals surface area contributed by atoms with Gasteiger partial charge in [0, 0.05) is 17.8 Å². The molecule has 0 amide bonds. The molecule has 21 heavy (non-hydrogen) atoms. The van der Waals surface area contributed by atoms with Crippen molar-refractivity contribution in [3.05, 3.63) is 55.3 Å². The molecule has 0 atom stereocenters. The van der Waals surface area contributed by atoms with Gasteiger partial charge in [-0.15, -0.1) is 0 Å². The Kier molecular flexibility index (Phi) is 8.14. The Morgan fingerprint density at radius 3 is 2.48 bits per heavy atom. The molecule has 1 aromatic rings. The minimum atomic E-state index is 0.342. The molecule has 3 heteroatoms. The fourth-order valence-electron chi connectivity index (χ4n) is 2.38. The van der Waals surface area contributed by atoms with Crippen LogP contribution in [-0.4, -0.2) is 18.1 Å². The first-order valence-electron chi connectivity index (χ1n) is 7.49. The molecule has 2 N–H and O–H groups in total. The Morgan fingerprint density at radius 2 is 1.95 bits per heavy atom. The fraction of sp³-hybridized carbons (Fsp3) is 0.389. The maximum absolute atomic E-state index is 5.91. The lowest BCUT2D eigenvalue weighted by Gasteiger charge is -2.22. The zero-order valence-electron chi connectivity index (χ0n) is 12.9. The lowest BCUT2D eigenvalue weighted by molar-refractivity contribution is 0.148. The van der Waals surface area contributed by atoms with Crippen LogP contribution in [0.3, 0.4) is 0 Å². The summed E-state index contributed by atoms with van der Waals surface area (Å²) >= 11 is 0. The number of rotatable bonds is 5. The minimum Gasteiger partial charge on any atom is -0.474 e. The number of pyridine rings is 1. The molecule has 1 aliphatic rings. The summed E-state index contributed by atoms with van der Waals surface area (Å²) in [5, 5.41) is 0. The largest absolute Gasteiger partial charge is 0.474 e. The van der Waals surface area contributed by atoms with Gasteiger partial charge < -0.3 is 10.5 Å². The normalized spacial score (nSPS) is 15.6. The molecule has 2 rings (SSSR count). The topological polar surface area (TPSA) is 48.1 Å². The first-order chi connectivity index (χ1) is 10.3. The summed E-state index contributed by atoms with van der Waals surface area (Å²) in [6.07, 6.45) is 13.8. The van der Waals surface area contributed by atoms with Gasteiger partial charge in [0.1, 0.15) is 6.10 Å². The van der Waals surface area contributed by atoms with E-state index in [2.05, 4.69) is 23.9 Å². The van der Waals surface area contributed by atoms with Crippen LogP contribution >= 0.6 is 0 Å². The van der Waals surface area contributed by atoms with Crippen molar-refractivity contribution < 1.29 is 4.74 Å². The third-order valence-electron chi connectivity index (χ3n) is 3.43. The van der Waals surface area contributed by atoms with Crippen LogP contribution in [0.25, 0.3) is 5.57 Å². The first-order valence-corrected chi connectivity index (χ1v) is 7.49. The van der Waals surface area contributed by atoms with Crippen LogP contribution in [0.15, 0.2) is 49.7 Å². The highest BCUT2D eigenvalue weighted by Gasteiger charge is 2.15. The van der Waals surface area contributed by atoms with Gasteiger partial charge in [0.15, 0.2) is 0 Å². The van der Waals surface area contributed by atoms with Gasteiger partial charge in [0.2, 0.25) is 5.88 Å². The second-order valence-electron chi connectivity index (χ2n) is 4.82. The number of nitrogens with two attached hydrogens (primary N) is 1. The van der Waals surface area contributed by atoms with Gasteiger partial charge in [-0.05, 0) is 44.4 Å². The van der Waals surface area contributed by atoms with Crippen LogP contribution < -0.4 is 10.5 Å². The highest BCUT2D eigenvalue weighted by molar-refractivity contribution is 5.74. The third-order valence-corrected chi connectivity index (χ3v) is 3.43. The maximum Gasteiger partial charge on any atom is 0.213 e. The van der Waals surface area contributed by atoms with Crippen molar-refractivity contribution in [2.45, 2.75) is 38.2 Å². The number of hydrogen-bond acceptors (Lipinski definition) is 3. The second kappa shape index (κ2) is 9.94. The number of aromatic nitrogens is 1. The summed E-state index contributed by atoms with van der Waals surface area (Å²) < 4.78 is 5.91. The van der Waals surface area contributed by atoms with Crippen LogP contribution in [0.1, 0.15) is 37.7 Å². The number of ether oxygens (including phenoxy) is 1. The van der Waals surface area contributed by atoms with Crippen molar-refractivity contribution in [1.82, 2.24) is 4.98 Å². The Labute approximate surface area is 128 Å². The van der Waals surface area contributed by atoms with Crippen LogP contribution in [0, 0.1) is 0 Å². The summed E-state index contributed by atoms with van der Waals surface area (Å²) in [6.45, 7) is 7.50. The van der Waals surface area contributed by atoms with Crippen molar-refractivity contribution in [2.75, 3.05) is 7.05 Å². The predicted octanol–water partition coefficient (Wildman–Crippen LogP) is 4.12. The monoisotopic (exact) mass is 286 g/mol. The number of allylic oxidation sites excluding steroid dienone is 4. The van der Waals surface area contributed by atoms with Gasteiger partial charge in [-0.25, -0.2) is 4.98 Å². The minimum absolute atomic E-state index is 0.342. The summed E-state index contributed by atoms with van der Waals surface area (Å²) in [5.41, 5.74) is 6.55. The zero-order chi connectivity index (χ0) is 15.5. The van der Waals surface area contributed by atoms with Crippen molar-refractivity contribution in [3.8, 4) is 5.88 Å².